The van der Waals surface area contributed by atoms with Crippen LogP contribution in [-0.2, 0) is 9.53 Å². The van der Waals surface area contributed by atoms with Gasteiger partial charge in [-0.15, -0.1) is 0 Å². The van der Waals surface area contributed by atoms with Crippen LogP contribution in [0.4, 0.5) is 4.79 Å². The van der Waals surface area contributed by atoms with Crippen molar-refractivity contribution >= 4 is 23.6 Å². The maximum atomic E-state index is 12.1. The normalized spacial score (nSPS) is 17.0. The van der Waals surface area contributed by atoms with Gasteiger partial charge < -0.3 is 24.8 Å². The number of esters is 1. The first-order chi connectivity index (χ1) is 11.4. The Morgan fingerprint density at radius 1 is 1.29 bits per heavy atom. The Morgan fingerprint density at radius 3 is 2.58 bits per heavy atom. The van der Waals surface area contributed by atoms with Gasteiger partial charge in [-0.2, -0.15) is 0 Å². The highest BCUT2D eigenvalue weighted by Gasteiger charge is 2.33. The molecule has 0 aromatic heterocycles. The maximum absolute atomic E-state index is 12.1. The fourth-order valence-electron chi connectivity index (χ4n) is 2.51. The molecule has 0 unspecified atom stereocenters. The summed E-state index contributed by atoms with van der Waals surface area (Å²) in [5.41, 5.74) is 1.18. The number of methoxy groups -OCH3 is 2. The molecule has 0 radical (unpaired) electrons. The second-order valence-electron chi connectivity index (χ2n) is 5.02. The molecule has 2 rings (SSSR count). The minimum Gasteiger partial charge on any atom is -0.493 e. The van der Waals surface area contributed by atoms with E-state index in [0.717, 1.165) is 0 Å². The van der Waals surface area contributed by atoms with E-state index in [4.69, 9.17) is 25.8 Å². The Hall–Kier alpha value is -2.41. The van der Waals surface area contributed by atoms with Crippen LogP contribution in [0.3, 0.4) is 0 Å². The maximum Gasteiger partial charge on any atom is 0.337 e. The molecule has 0 fully saturated rings. The molecule has 7 nitrogen and oxygen atoms in total. The largest absolute Gasteiger partial charge is 0.493 e. The number of amides is 2. The standard InChI is InChI=1S/C16H19ClN2O5/c1-5-24-12-7-10(17)9(6-11(12)22-3)14-13(15(20)23-4)8(2)18-16(21)19-14/h6-7,14H,5H2,1-4H3,(H2,18,19,21)/t14-/m1/s1. The zero-order valence-electron chi connectivity index (χ0n) is 13.9. The van der Waals surface area contributed by atoms with Crippen molar-refractivity contribution in [3.05, 3.63) is 34.0 Å². The lowest BCUT2D eigenvalue weighted by Gasteiger charge is -2.28. The van der Waals surface area contributed by atoms with Gasteiger partial charge in [-0.1, -0.05) is 11.6 Å². The summed E-state index contributed by atoms with van der Waals surface area (Å²) in [6, 6.07) is 2.04. The van der Waals surface area contributed by atoms with Crippen LogP contribution in [0.2, 0.25) is 5.02 Å². The van der Waals surface area contributed by atoms with Crippen LogP contribution in [0.15, 0.2) is 23.4 Å². The van der Waals surface area contributed by atoms with Gasteiger partial charge in [-0.3, -0.25) is 0 Å². The zero-order chi connectivity index (χ0) is 17.9. The summed E-state index contributed by atoms with van der Waals surface area (Å²) in [7, 11) is 2.77. The number of carbonyl (C=O) groups is 2. The summed E-state index contributed by atoms with van der Waals surface area (Å²) in [6.45, 7) is 3.91. The molecule has 0 bridgehead atoms. The van der Waals surface area contributed by atoms with Crippen molar-refractivity contribution in [2.45, 2.75) is 19.9 Å². The molecule has 0 saturated carbocycles. The van der Waals surface area contributed by atoms with E-state index in [1.54, 1.807) is 19.1 Å². The molecule has 0 spiro atoms. The molecule has 1 atom stereocenters. The quantitative estimate of drug-likeness (QED) is 0.794. The number of halogens is 1. The minimum atomic E-state index is -0.761. The predicted octanol–water partition coefficient (Wildman–Crippen LogP) is 2.55. The number of carbonyl (C=O) groups excluding carboxylic acids is 2. The molecule has 1 aromatic carbocycles. The van der Waals surface area contributed by atoms with Crippen molar-refractivity contribution in [2.24, 2.45) is 0 Å². The topological polar surface area (TPSA) is 85.9 Å². The van der Waals surface area contributed by atoms with Crippen molar-refractivity contribution in [1.82, 2.24) is 10.6 Å². The minimum absolute atomic E-state index is 0.269. The molecule has 2 N–H and O–H groups in total. The molecule has 1 aromatic rings. The van der Waals surface area contributed by atoms with Crippen molar-refractivity contribution in [3.63, 3.8) is 0 Å². The van der Waals surface area contributed by atoms with Crippen molar-refractivity contribution in [1.29, 1.82) is 0 Å². The van der Waals surface area contributed by atoms with Gasteiger partial charge in [0.2, 0.25) is 0 Å². The highest BCUT2D eigenvalue weighted by molar-refractivity contribution is 6.31. The highest BCUT2D eigenvalue weighted by atomic mass is 35.5. The van der Waals surface area contributed by atoms with Gasteiger partial charge in [0.15, 0.2) is 11.5 Å². The second-order valence-corrected chi connectivity index (χ2v) is 5.43. The SMILES string of the molecule is CCOc1cc(Cl)c([C@H]2NC(=O)NC(C)=C2C(=O)OC)cc1OC. The summed E-state index contributed by atoms with van der Waals surface area (Å²) in [4.78, 5) is 24.0. The molecule has 2 amide bonds. The van der Waals surface area contributed by atoms with E-state index in [1.807, 2.05) is 6.92 Å². The zero-order valence-corrected chi connectivity index (χ0v) is 14.6. The monoisotopic (exact) mass is 354 g/mol. The van der Waals surface area contributed by atoms with E-state index in [9.17, 15) is 9.59 Å². The Labute approximate surface area is 144 Å². The van der Waals surface area contributed by atoms with Gasteiger partial charge in [0.25, 0.3) is 0 Å². The Kier molecular flexibility index (Phi) is 5.56. The number of hydrogen-bond acceptors (Lipinski definition) is 5. The number of benzene rings is 1. The lowest BCUT2D eigenvalue weighted by molar-refractivity contribution is -0.136. The number of nitrogens with one attached hydrogen (secondary N) is 2. The summed E-state index contributed by atoms with van der Waals surface area (Å²) in [6.07, 6.45) is 0. The van der Waals surface area contributed by atoms with Gasteiger partial charge in [0.1, 0.15) is 0 Å². The van der Waals surface area contributed by atoms with Gasteiger partial charge >= 0.3 is 12.0 Å². The van der Waals surface area contributed by atoms with Crippen LogP contribution >= 0.6 is 11.6 Å². The third kappa shape index (κ3) is 3.41. The molecule has 0 aliphatic carbocycles. The summed E-state index contributed by atoms with van der Waals surface area (Å²) >= 11 is 6.35. The predicted molar refractivity (Wildman–Crippen MR) is 88.3 cm³/mol. The van der Waals surface area contributed by atoms with Gasteiger partial charge in [0, 0.05) is 17.3 Å². The van der Waals surface area contributed by atoms with Crippen molar-refractivity contribution in [3.8, 4) is 11.5 Å². The number of urea groups is 1. The first kappa shape index (κ1) is 17.9. The lowest BCUT2D eigenvalue weighted by Crippen LogP contribution is -2.45. The molecular weight excluding hydrogens is 336 g/mol. The lowest BCUT2D eigenvalue weighted by atomic mass is 9.95. The van der Waals surface area contributed by atoms with Gasteiger partial charge in [-0.25, -0.2) is 9.59 Å². The molecule has 130 valence electrons. The van der Waals surface area contributed by atoms with E-state index < -0.39 is 18.0 Å². The highest BCUT2D eigenvalue weighted by Crippen LogP contribution is 2.39. The Balaban J connectivity index is 2.57. The van der Waals surface area contributed by atoms with E-state index in [1.165, 1.54) is 14.2 Å². The van der Waals surface area contributed by atoms with E-state index >= 15 is 0 Å². The van der Waals surface area contributed by atoms with E-state index in [2.05, 4.69) is 10.6 Å². The second kappa shape index (κ2) is 7.44. The van der Waals surface area contributed by atoms with Gasteiger partial charge in [-0.05, 0) is 19.9 Å². The molecule has 0 saturated heterocycles. The van der Waals surface area contributed by atoms with E-state index in [0.29, 0.717) is 34.4 Å². The average Bonchev–Trinajstić information content (AvgIpc) is 2.54. The molecule has 1 heterocycles. The van der Waals surface area contributed by atoms with Crippen LogP contribution in [-0.4, -0.2) is 32.8 Å². The Bertz CT molecular complexity index is 702. The molecule has 1 aliphatic rings. The summed E-state index contributed by atoms with van der Waals surface area (Å²) in [5.74, 6) is 0.370. The molecule has 1 aliphatic heterocycles. The smallest absolute Gasteiger partial charge is 0.337 e. The Morgan fingerprint density at radius 2 is 2.00 bits per heavy atom. The summed E-state index contributed by atoms with van der Waals surface area (Å²) in [5, 5.41) is 5.57. The average molecular weight is 355 g/mol. The first-order valence-corrected chi connectivity index (χ1v) is 7.67. The first-order valence-electron chi connectivity index (χ1n) is 7.29. The number of hydrogen-bond donors (Lipinski definition) is 2. The van der Waals surface area contributed by atoms with Crippen LogP contribution in [0.5, 0.6) is 11.5 Å². The molecule has 8 heteroatoms. The van der Waals surface area contributed by atoms with Crippen molar-refractivity contribution in [2.75, 3.05) is 20.8 Å². The fraction of sp³-hybridized carbons (Fsp3) is 0.375. The number of allylic oxidation sites excluding steroid dienone is 1. The fourth-order valence-corrected chi connectivity index (χ4v) is 2.77. The van der Waals surface area contributed by atoms with E-state index in [-0.39, 0.29) is 5.57 Å². The van der Waals surface area contributed by atoms with Crippen LogP contribution in [0.25, 0.3) is 0 Å². The van der Waals surface area contributed by atoms with Crippen LogP contribution in [0, 0.1) is 0 Å². The van der Waals surface area contributed by atoms with Gasteiger partial charge in [0.05, 0.1) is 37.5 Å². The van der Waals surface area contributed by atoms with Crippen molar-refractivity contribution < 1.29 is 23.8 Å². The number of ether oxygens (including phenoxy) is 3. The third-order valence-electron chi connectivity index (χ3n) is 3.57. The number of rotatable bonds is 5. The van der Waals surface area contributed by atoms with Crippen LogP contribution in [0.1, 0.15) is 25.5 Å². The summed E-state index contributed by atoms with van der Waals surface area (Å²) < 4.78 is 15.6. The molecule has 24 heavy (non-hydrogen) atoms. The van der Waals surface area contributed by atoms with Crippen LogP contribution < -0.4 is 20.1 Å². The molecular formula is C16H19ClN2O5. The third-order valence-corrected chi connectivity index (χ3v) is 3.90.